The maximum Gasteiger partial charge on any atom is 0.142 e. The second-order valence-electron chi connectivity index (χ2n) is 7.04. The molecule has 28 heavy (non-hydrogen) atoms. The number of para-hydroxylation sites is 1. The Labute approximate surface area is 164 Å². The quantitative estimate of drug-likeness (QED) is 0.465. The molecular weight excluding hydrogens is 344 g/mol. The van der Waals surface area contributed by atoms with E-state index in [9.17, 15) is 0 Å². The molecule has 0 radical (unpaired) electrons. The van der Waals surface area contributed by atoms with E-state index in [4.69, 9.17) is 9.73 Å². The lowest BCUT2D eigenvalue weighted by atomic mass is 10.0. The molecule has 3 heteroatoms. The molecule has 0 spiro atoms. The Morgan fingerprint density at radius 2 is 1.61 bits per heavy atom. The summed E-state index contributed by atoms with van der Waals surface area (Å²) in [5.41, 5.74) is 5.41. The van der Waals surface area contributed by atoms with Crippen molar-refractivity contribution < 1.29 is 4.74 Å². The average Bonchev–Trinajstić information content (AvgIpc) is 2.74. The lowest BCUT2D eigenvalue weighted by Gasteiger charge is -2.20. The Morgan fingerprint density at radius 1 is 0.821 bits per heavy atom. The zero-order valence-electron chi connectivity index (χ0n) is 15.6. The molecule has 136 valence electrons. The standard InChI is InChI=1S/C25H20N2O/c1-17-12-14-18(15-13-17)16-28-23-11-3-2-8-20(23)25-26-21-9-4-6-19-7-5-10-22(27-25)24(19)21/h2-15H,16H2,1H3,(H,26,27). The van der Waals surface area contributed by atoms with Crippen LogP contribution < -0.4 is 10.1 Å². The molecule has 0 bridgehead atoms. The largest absolute Gasteiger partial charge is 0.488 e. The Kier molecular flexibility index (Phi) is 4.06. The first-order chi connectivity index (χ1) is 13.8. The second kappa shape index (κ2) is 6.86. The van der Waals surface area contributed by atoms with Gasteiger partial charge in [0.2, 0.25) is 0 Å². The number of rotatable bonds is 4. The maximum absolute atomic E-state index is 6.16. The minimum atomic E-state index is 0.525. The number of nitrogens with one attached hydrogen (secondary N) is 1. The predicted molar refractivity (Wildman–Crippen MR) is 116 cm³/mol. The van der Waals surface area contributed by atoms with E-state index in [0.717, 1.165) is 39.5 Å². The van der Waals surface area contributed by atoms with Crippen LogP contribution in [0.3, 0.4) is 0 Å². The number of ether oxygens (including phenoxy) is 1. The van der Waals surface area contributed by atoms with Crippen LogP contribution in [0.1, 0.15) is 16.7 Å². The van der Waals surface area contributed by atoms with Gasteiger partial charge < -0.3 is 10.1 Å². The van der Waals surface area contributed by atoms with Crippen molar-refractivity contribution in [2.75, 3.05) is 5.32 Å². The molecule has 5 rings (SSSR count). The number of amidine groups is 1. The molecule has 0 saturated heterocycles. The van der Waals surface area contributed by atoms with Crippen LogP contribution in [0.25, 0.3) is 10.8 Å². The van der Waals surface area contributed by atoms with Crippen LogP contribution in [-0.2, 0) is 6.61 Å². The van der Waals surface area contributed by atoms with Gasteiger partial charge in [-0.3, -0.25) is 0 Å². The van der Waals surface area contributed by atoms with Crippen molar-refractivity contribution in [3.63, 3.8) is 0 Å². The Balaban J connectivity index is 1.49. The van der Waals surface area contributed by atoms with Gasteiger partial charge in [0.15, 0.2) is 0 Å². The van der Waals surface area contributed by atoms with Crippen LogP contribution in [0, 0.1) is 6.92 Å². The van der Waals surface area contributed by atoms with E-state index in [2.05, 4.69) is 66.8 Å². The van der Waals surface area contributed by atoms with Crippen LogP contribution in [0.4, 0.5) is 11.4 Å². The fourth-order valence-corrected chi connectivity index (χ4v) is 3.56. The number of aryl methyl sites for hydroxylation is 1. The third-order valence-electron chi connectivity index (χ3n) is 5.03. The Hall–Kier alpha value is -3.59. The molecule has 3 nitrogen and oxygen atoms in total. The lowest BCUT2D eigenvalue weighted by molar-refractivity contribution is 0.305. The number of benzene rings is 4. The summed E-state index contributed by atoms with van der Waals surface area (Å²) in [6, 6.07) is 29.0. The third kappa shape index (κ3) is 3.01. The summed E-state index contributed by atoms with van der Waals surface area (Å²) in [6.45, 7) is 2.61. The van der Waals surface area contributed by atoms with Gasteiger partial charge in [-0.1, -0.05) is 66.2 Å². The summed E-state index contributed by atoms with van der Waals surface area (Å²) in [6.07, 6.45) is 0. The van der Waals surface area contributed by atoms with E-state index in [-0.39, 0.29) is 0 Å². The van der Waals surface area contributed by atoms with Crippen LogP contribution in [0.5, 0.6) is 5.75 Å². The van der Waals surface area contributed by atoms with E-state index in [1.807, 2.05) is 30.3 Å². The zero-order valence-corrected chi connectivity index (χ0v) is 15.6. The summed E-state index contributed by atoms with van der Waals surface area (Å²) in [4.78, 5) is 4.89. The summed E-state index contributed by atoms with van der Waals surface area (Å²) in [5, 5.41) is 5.84. The van der Waals surface area contributed by atoms with Gasteiger partial charge in [0.25, 0.3) is 0 Å². The van der Waals surface area contributed by atoms with E-state index in [1.165, 1.54) is 10.9 Å². The number of anilines is 1. The lowest BCUT2D eigenvalue weighted by Crippen LogP contribution is -2.17. The Morgan fingerprint density at radius 3 is 2.46 bits per heavy atom. The van der Waals surface area contributed by atoms with E-state index in [0.29, 0.717) is 6.61 Å². The summed E-state index contributed by atoms with van der Waals surface area (Å²) in [7, 11) is 0. The third-order valence-corrected chi connectivity index (χ3v) is 5.03. The molecule has 1 aliphatic heterocycles. The van der Waals surface area contributed by atoms with Crippen LogP contribution in [-0.4, -0.2) is 5.84 Å². The minimum Gasteiger partial charge on any atom is -0.488 e. The average molecular weight is 364 g/mol. The molecule has 1 N–H and O–H groups in total. The monoisotopic (exact) mass is 364 g/mol. The molecule has 0 saturated carbocycles. The summed E-state index contributed by atoms with van der Waals surface area (Å²) >= 11 is 0. The summed E-state index contributed by atoms with van der Waals surface area (Å²) < 4.78 is 6.16. The van der Waals surface area contributed by atoms with Crippen molar-refractivity contribution in [2.45, 2.75) is 13.5 Å². The van der Waals surface area contributed by atoms with Crippen molar-refractivity contribution >= 4 is 28.0 Å². The van der Waals surface area contributed by atoms with Gasteiger partial charge >= 0.3 is 0 Å². The first-order valence-corrected chi connectivity index (χ1v) is 9.43. The van der Waals surface area contributed by atoms with Gasteiger partial charge in [0.1, 0.15) is 18.2 Å². The van der Waals surface area contributed by atoms with Gasteiger partial charge in [-0.15, -0.1) is 0 Å². The molecule has 4 aromatic rings. The van der Waals surface area contributed by atoms with Gasteiger partial charge in [0.05, 0.1) is 11.3 Å². The number of hydrogen-bond acceptors (Lipinski definition) is 3. The highest BCUT2D eigenvalue weighted by Crippen LogP contribution is 2.37. The zero-order chi connectivity index (χ0) is 18.9. The van der Waals surface area contributed by atoms with E-state index >= 15 is 0 Å². The van der Waals surface area contributed by atoms with Crippen LogP contribution >= 0.6 is 0 Å². The first-order valence-electron chi connectivity index (χ1n) is 9.43. The summed E-state index contributed by atoms with van der Waals surface area (Å²) in [5.74, 6) is 1.63. The first kappa shape index (κ1) is 16.6. The normalized spacial score (nSPS) is 12.4. The fourth-order valence-electron chi connectivity index (χ4n) is 3.56. The SMILES string of the molecule is Cc1ccc(COc2ccccc2C2=Nc3cccc4cccc(c34)N2)cc1. The number of hydrogen-bond donors (Lipinski definition) is 1. The molecule has 4 aromatic carbocycles. The maximum atomic E-state index is 6.16. The molecule has 1 aliphatic rings. The van der Waals surface area contributed by atoms with Crippen LogP contribution in [0.15, 0.2) is 89.9 Å². The highest BCUT2D eigenvalue weighted by Gasteiger charge is 2.18. The number of nitrogens with zero attached hydrogens (tertiary/aromatic N) is 1. The molecule has 0 unspecified atom stereocenters. The molecule has 0 fully saturated rings. The molecular formula is C25H20N2O. The van der Waals surface area contributed by atoms with Gasteiger partial charge in [-0.25, -0.2) is 4.99 Å². The van der Waals surface area contributed by atoms with Crippen molar-refractivity contribution in [1.82, 2.24) is 0 Å². The van der Waals surface area contributed by atoms with Gasteiger partial charge in [0, 0.05) is 11.1 Å². The van der Waals surface area contributed by atoms with Gasteiger partial charge in [-0.2, -0.15) is 0 Å². The second-order valence-corrected chi connectivity index (χ2v) is 7.04. The van der Waals surface area contributed by atoms with Crippen molar-refractivity contribution in [1.29, 1.82) is 0 Å². The molecule has 1 heterocycles. The van der Waals surface area contributed by atoms with Crippen molar-refractivity contribution in [3.8, 4) is 5.75 Å². The van der Waals surface area contributed by atoms with E-state index in [1.54, 1.807) is 0 Å². The van der Waals surface area contributed by atoms with E-state index < -0.39 is 0 Å². The predicted octanol–water partition coefficient (Wildman–Crippen LogP) is 6.23. The minimum absolute atomic E-state index is 0.525. The molecule has 0 aliphatic carbocycles. The molecule has 0 atom stereocenters. The smallest absolute Gasteiger partial charge is 0.142 e. The van der Waals surface area contributed by atoms with Gasteiger partial charge in [-0.05, 0) is 42.1 Å². The van der Waals surface area contributed by atoms with Crippen molar-refractivity contribution in [2.24, 2.45) is 4.99 Å². The van der Waals surface area contributed by atoms with Crippen LogP contribution in [0.2, 0.25) is 0 Å². The number of aliphatic imine (C=N–C) groups is 1. The fraction of sp³-hybridized carbons (Fsp3) is 0.0800. The Bertz CT molecular complexity index is 1190. The highest BCUT2D eigenvalue weighted by molar-refractivity contribution is 6.19. The topological polar surface area (TPSA) is 33.6 Å². The highest BCUT2D eigenvalue weighted by atomic mass is 16.5. The van der Waals surface area contributed by atoms with Crippen molar-refractivity contribution in [3.05, 3.63) is 102 Å². The molecule has 0 amide bonds. The molecule has 0 aromatic heterocycles.